The number of rotatable bonds is 23. The van der Waals surface area contributed by atoms with Gasteiger partial charge in [-0.2, -0.15) is 24.9 Å². The number of nitro benzene ring substituents is 1. The molecule has 0 spiro atoms. The number of carbonyl (C=O) groups excluding carboxylic acids is 2. The summed E-state index contributed by atoms with van der Waals surface area (Å²) in [5.41, 5.74) is -5.73. The number of hydrogen-bond donors (Lipinski definition) is 3. The van der Waals surface area contributed by atoms with Gasteiger partial charge in [0.25, 0.3) is 16.5 Å². The summed E-state index contributed by atoms with van der Waals surface area (Å²) in [7, 11) is 0. The Bertz CT molecular complexity index is 1730. The zero-order valence-electron chi connectivity index (χ0n) is 28.8. The number of carbonyl (C=O) groups is 2. The first-order chi connectivity index (χ1) is 25.3. The molecule has 2 aromatic carbocycles. The monoisotopic (exact) mass is 771 g/mol. The van der Waals surface area contributed by atoms with Crippen LogP contribution < -0.4 is 41.2 Å². The molecule has 2 saturated heterocycles. The standard InChI is InChI=1S/C32H40F3N7O10S/c1-2-51-29-26(27(44)28(29)45)41(9-12-52-21-16-19(15-20(17-21)42(47)48)31(39-40-31)32(33,34)35)8-11-50-14-13-49-10-7-36-24(43)6-4-3-5-23-25-22(18-53-23)37-30(46)38-25/h15-17,22-23,25H,2-14,18H2,1H3,(H,36,43)(H2,37,38,46)/t22-,23-,25-/m0/s1. The molecule has 0 aromatic heterocycles. The molecule has 0 unspecified atom stereocenters. The summed E-state index contributed by atoms with van der Waals surface area (Å²) in [5, 5.41) is 26.7. The maximum absolute atomic E-state index is 13.6. The van der Waals surface area contributed by atoms with Crippen LogP contribution in [0.4, 0.5) is 29.3 Å². The van der Waals surface area contributed by atoms with Crippen molar-refractivity contribution in [1.29, 1.82) is 0 Å². The van der Waals surface area contributed by atoms with E-state index in [1.807, 2.05) is 11.8 Å². The molecule has 0 radical (unpaired) electrons. The van der Waals surface area contributed by atoms with Gasteiger partial charge in [0.1, 0.15) is 18.0 Å². The molecule has 3 aliphatic rings. The fourth-order valence-corrected chi connectivity index (χ4v) is 7.61. The third-order valence-electron chi connectivity index (χ3n) is 8.80. The van der Waals surface area contributed by atoms with Gasteiger partial charge >= 0.3 is 17.9 Å². The number of ether oxygens (including phenoxy) is 4. The summed E-state index contributed by atoms with van der Waals surface area (Å²) < 4.78 is 62.8. The highest BCUT2D eigenvalue weighted by atomic mass is 32.2. The number of urea groups is 1. The minimum absolute atomic E-state index is 0.00643. The van der Waals surface area contributed by atoms with Gasteiger partial charge in [-0.05, 0) is 25.8 Å². The average molecular weight is 772 g/mol. The van der Waals surface area contributed by atoms with Crippen molar-refractivity contribution in [2.75, 3.05) is 69.9 Å². The number of non-ortho nitro benzene ring substituents is 1. The number of halogens is 3. The van der Waals surface area contributed by atoms with Crippen LogP contribution in [0.25, 0.3) is 0 Å². The van der Waals surface area contributed by atoms with Gasteiger partial charge in [0.15, 0.2) is 5.75 Å². The molecule has 5 rings (SSSR count). The lowest BCUT2D eigenvalue weighted by atomic mass is 10.0. The predicted octanol–water partition coefficient (Wildman–Crippen LogP) is 2.53. The van der Waals surface area contributed by atoms with Gasteiger partial charge in [-0.25, -0.2) is 4.79 Å². The van der Waals surface area contributed by atoms with Crippen LogP contribution in [-0.4, -0.2) is 105 Å². The van der Waals surface area contributed by atoms with Crippen LogP contribution in [0, 0.1) is 10.1 Å². The number of nitrogens with zero attached hydrogens (tertiary/aromatic N) is 4. The average Bonchev–Trinajstić information content (AvgIpc) is 3.76. The SMILES string of the molecule is CCOc1c(N(CCOCCOCCNC(=O)CCCC[C@@H]2SC[C@@H]3NC(=O)N[C@@H]32)CCOc2cc([N+](=O)[O-])cc(C3(C(F)(F)F)N=N3)c2)c(=O)c1=O. The fraction of sp³-hybridized carbons (Fsp3) is 0.625. The lowest BCUT2D eigenvalue weighted by Gasteiger charge is -2.27. The molecule has 17 nitrogen and oxygen atoms in total. The first-order valence-corrected chi connectivity index (χ1v) is 18.1. The number of nitro groups is 1. The number of thioether (sulfide) groups is 1. The van der Waals surface area contributed by atoms with Gasteiger partial charge in [-0.15, -0.1) is 10.2 Å². The fourth-order valence-electron chi connectivity index (χ4n) is 6.07. The van der Waals surface area contributed by atoms with Crippen molar-refractivity contribution < 1.29 is 46.6 Å². The second kappa shape index (κ2) is 17.5. The summed E-state index contributed by atoms with van der Waals surface area (Å²) >= 11 is 1.84. The maximum Gasteiger partial charge on any atom is 0.442 e. The maximum atomic E-state index is 13.6. The molecule has 21 heteroatoms. The highest BCUT2D eigenvalue weighted by Gasteiger charge is 2.65. The van der Waals surface area contributed by atoms with E-state index in [-0.39, 0.29) is 93.9 Å². The first-order valence-electron chi connectivity index (χ1n) is 17.1. The van der Waals surface area contributed by atoms with E-state index in [4.69, 9.17) is 18.9 Å². The third kappa shape index (κ3) is 9.74. The molecule has 2 aromatic rings. The number of unbranched alkanes of at least 4 members (excludes halogenated alkanes) is 1. The lowest BCUT2D eigenvalue weighted by molar-refractivity contribution is -0.385. The Morgan fingerprint density at radius 2 is 1.77 bits per heavy atom. The van der Waals surface area contributed by atoms with E-state index < -0.39 is 38.9 Å². The molecule has 53 heavy (non-hydrogen) atoms. The van der Waals surface area contributed by atoms with Crippen LogP contribution >= 0.6 is 11.8 Å². The number of alkyl halides is 3. The van der Waals surface area contributed by atoms with Crippen molar-refractivity contribution in [3.8, 4) is 11.5 Å². The molecule has 0 aliphatic carbocycles. The second-order valence-electron chi connectivity index (χ2n) is 12.4. The summed E-state index contributed by atoms with van der Waals surface area (Å²) in [6, 6.07) is 2.87. The van der Waals surface area contributed by atoms with E-state index in [1.165, 1.54) is 4.90 Å². The molecule has 3 heterocycles. The van der Waals surface area contributed by atoms with Gasteiger partial charge in [0.2, 0.25) is 5.91 Å². The molecule has 2 fully saturated rings. The minimum atomic E-state index is -4.91. The Kier molecular flexibility index (Phi) is 13.1. The van der Waals surface area contributed by atoms with Crippen molar-refractivity contribution >= 4 is 35.1 Å². The van der Waals surface area contributed by atoms with Gasteiger partial charge in [0.05, 0.1) is 62.7 Å². The molecule has 3 atom stereocenters. The van der Waals surface area contributed by atoms with E-state index in [1.54, 1.807) is 6.92 Å². The van der Waals surface area contributed by atoms with Crippen molar-refractivity contribution in [3.05, 3.63) is 54.3 Å². The largest absolute Gasteiger partial charge is 0.491 e. The number of hydrogen-bond acceptors (Lipinski definition) is 14. The first kappa shape index (κ1) is 39.7. The van der Waals surface area contributed by atoms with E-state index >= 15 is 0 Å². The van der Waals surface area contributed by atoms with E-state index in [2.05, 4.69) is 26.2 Å². The van der Waals surface area contributed by atoms with Crippen LogP contribution in [0.1, 0.15) is 38.2 Å². The molecule has 3 amide bonds. The Hall–Kier alpha value is -4.50. The Balaban J connectivity index is 1.01. The Labute approximate surface area is 305 Å². The van der Waals surface area contributed by atoms with Crippen LogP contribution in [0.15, 0.2) is 38.0 Å². The lowest BCUT2D eigenvalue weighted by Crippen LogP contribution is -2.44. The van der Waals surface area contributed by atoms with Gasteiger partial charge in [-0.1, -0.05) is 6.42 Å². The summed E-state index contributed by atoms with van der Waals surface area (Å²) in [6.45, 7) is 2.59. The van der Waals surface area contributed by atoms with Crippen LogP contribution in [0.3, 0.4) is 0 Å². The zero-order valence-corrected chi connectivity index (χ0v) is 29.6. The van der Waals surface area contributed by atoms with Crippen molar-refractivity contribution in [3.63, 3.8) is 0 Å². The van der Waals surface area contributed by atoms with Gasteiger partial charge in [-0.3, -0.25) is 24.5 Å². The molecule has 3 aliphatic heterocycles. The predicted molar refractivity (Wildman–Crippen MR) is 185 cm³/mol. The van der Waals surface area contributed by atoms with E-state index in [0.29, 0.717) is 18.2 Å². The molecule has 3 N–H and O–H groups in total. The number of nitrogens with one attached hydrogen (secondary N) is 3. The second-order valence-corrected chi connectivity index (χ2v) is 13.7. The van der Waals surface area contributed by atoms with Gasteiger partial charge < -0.3 is 39.8 Å². The summed E-state index contributed by atoms with van der Waals surface area (Å²) in [5.74, 6) is 0.448. The van der Waals surface area contributed by atoms with Crippen LogP contribution in [0.2, 0.25) is 0 Å². The van der Waals surface area contributed by atoms with Crippen molar-refractivity contribution in [1.82, 2.24) is 16.0 Å². The number of amides is 3. The number of fused-ring (bicyclic) bond motifs is 1. The van der Waals surface area contributed by atoms with Crippen molar-refractivity contribution in [2.45, 2.75) is 61.8 Å². The van der Waals surface area contributed by atoms with Crippen LogP contribution in [-0.2, 0) is 19.9 Å². The molecule has 0 bridgehead atoms. The Morgan fingerprint density at radius 3 is 2.47 bits per heavy atom. The van der Waals surface area contributed by atoms with Gasteiger partial charge in [0, 0.05) is 42.1 Å². The normalized spacial score (nSPS) is 19.8. The smallest absolute Gasteiger partial charge is 0.442 e. The molecule has 0 saturated carbocycles. The highest BCUT2D eigenvalue weighted by Crippen LogP contribution is 2.53. The summed E-state index contributed by atoms with van der Waals surface area (Å²) in [6.07, 6.45) is -1.96. The third-order valence-corrected chi connectivity index (χ3v) is 10.3. The van der Waals surface area contributed by atoms with Crippen LogP contribution in [0.5, 0.6) is 11.5 Å². The van der Waals surface area contributed by atoms with E-state index in [0.717, 1.165) is 43.2 Å². The molecular formula is C32H40F3N7O10S. The Morgan fingerprint density at radius 1 is 1.04 bits per heavy atom. The molecule has 290 valence electrons. The highest BCUT2D eigenvalue weighted by molar-refractivity contribution is 8.00. The molecular weight excluding hydrogens is 731 g/mol. The topological polar surface area (TPSA) is 212 Å². The minimum Gasteiger partial charge on any atom is -0.491 e. The van der Waals surface area contributed by atoms with Crippen molar-refractivity contribution in [2.24, 2.45) is 10.2 Å². The zero-order chi connectivity index (χ0) is 38.2. The van der Waals surface area contributed by atoms with E-state index in [9.17, 15) is 42.5 Å². The number of anilines is 1. The summed E-state index contributed by atoms with van der Waals surface area (Å²) in [4.78, 5) is 60.3. The number of benzene rings is 1. The quantitative estimate of drug-likeness (QED) is 0.0489.